The summed E-state index contributed by atoms with van der Waals surface area (Å²) in [6.45, 7) is 4.42. The third kappa shape index (κ3) is 1.74. The molecule has 3 heteroatoms. The van der Waals surface area contributed by atoms with Crippen molar-refractivity contribution in [3.05, 3.63) is 60.9 Å². The molecule has 2 nitrogen and oxygen atoms in total. The molecule has 5 rings (SSSR count). The third-order valence-corrected chi connectivity index (χ3v) is 5.68. The van der Waals surface area contributed by atoms with E-state index in [0.717, 1.165) is 0 Å². The lowest BCUT2D eigenvalue weighted by atomic mass is 10.1. The summed E-state index contributed by atoms with van der Waals surface area (Å²) in [7, 11) is 0. The normalized spacial score (nSPS) is 13.0. The van der Waals surface area contributed by atoms with Gasteiger partial charge >= 0.3 is 0 Å². The maximum Gasteiger partial charge on any atom is 0.244 e. The summed E-state index contributed by atoms with van der Waals surface area (Å²) in [6.07, 6.45) is 3.57. The van der Waals surface area contributed by atoms with Crippen LogP contribution in [0.25, 0.3) is 27.5 Å². The van der Waals surface area contributed by atoms with E-state index in [-0.39, 0.29) is 0 Å². The Hall–Kier alpha value is -2.26. The van der Waals surface area contributed by atoms with Crippen LogP contribution in [0.1, 0.15) is 19.9 Å². The molecule has 1 aromatic heterocycles. The highest BCUT2D eigenvalue weighted by atomic mass is 32.2. The first-order valence-corrected chi connectivity index (χ1v) is 8.74. The molecule has 0 saturated heterocycles. The van der Waals surface area contributed by atoms with Gasteiger partial charge in [0.2, 0.25) is 6.33 Å². The summed E-state index contributed by atoms with van der Waals surface area (Å²) in [4.78, 5) is 2.63. The Balaban J connectivity index is 1.93. The van der Waals surface area contributed by atoms with Gasteiger partial charge in [0.1, 0.15) is 0 Å². The number of benzene rings is 3. The number of nitrogens with zero attached hydrogens (tertiary/aromatic N) is 2. The van der Waals surface area contributed by atoms with Crippen LogP contribution in [0.4, 0.5) is 0 Å². The Morgan fingerprint density at radius 3 is 2.74 bits per heavy atom. The molecule has 0 N–H and O–H groups in total. The molecule has 0 atom stereocenters. The molecule has 0 radical (unpaired) electrons. The minimum atomic E-state index is 0.390. The van der Waals surface area contributed by atoms with Crippen molar-refractivity contribution < 1.29 is 4.57 Å². The van der Waals surface area contributed by atoms with Crippen molar-refractivity contribution >= 4 is 33.6 Å². The second-order valence-electron chi connectivity index (χ2n) is 6.26. The minimum absolute atomic E-state index is 0.390. The van der Waals surface area contributed by atoms with E-state index in [1.165, 1.54) is 37.3 Å². The lowest BCUT2D eigenvalue weighted by Crippen LogP contribution is -2.32. The fourth-order valence-electron chi connectivity index (χ4n) is 3.42. The second kappa shape index (κ2) is 4.62. The third-order valence-electron chi connectivity index (χ3n) is 4.50. The van der Waals surface area contributed by atoms with Crippen molar-refractivity contribution in [2.75, 3.05) is 0 Å². The Morgan fingerprint density at radius 1 is 1.00 bits per heavy atom. The molecule has 1 aliphatic heterocycles. The highest BCUT2D eigenvalue weighted by Crippen LogP contribution is 2.42. The SMILES string of the molecule is CC(C)n1[c-][n+]2c3c(cccc31)Sc1c-2ccc2ccccc12. The van der Waals surface area contributed by atoms with Crippen LogP contribution in [-0.2, 0) is 0 Å². The minimum Gasteiger partial charge on any atom is -0.317 e. The van der Waals surface area contributed by atoms with E-state index in [0.29, 0.717) is 6.04 Å². The molecule has 23 heavy (non-hydrogen) atoms. The molecule has 0 spiro atoms. The number of fused-ring (bicyclic) bond motifs is 4. The zero-order valence-corrected chi connectivity index (χ0v) is 13.9. The van der Waals surface area contributed by atoms with Crippen LogP contribution < -0.4 is 4.57 Å². The largest absolute Gasteiger partial charge is 0.317 e. The van der Waals surface area contributed by atoms with Crippen molar-refractivity contribution in [2.24, 2.45) is 0 Å². The Bertz CT molecular complexity index is 1080. The van der Waals surface area contributed by atoms with Crippen LogP contribution in [0, 0.1) is 6.33 Å². The molecule has 3 aromatic carbocycles. The summed E-state index contributed by atoms with van der Waals surface area (Å²) >= 11 is 1.88. The molecular weight excluding hydrogens is 300 g/mol. The lowest BCUT2D eigenvalue weighted by molar-refractivity contribution is -0.577. The van der Waals surface area contributed by atoms with E-state index in [9.17, 15) is 0 Å². The zero-order valence-electron chi connectivity index (χ0n) is 13.1. The first-order valence-electron chi connectivity index (χ1n) is 7.92. The van der Waals surface area contributed by atoms with Gasteiger partial charge in [-0.3, -0.25) is 0 Å². The van der Waals surface area contributed by atoms with Crippen LogP contribution >= 0.6 is 11.8 Å². The number of rotatable bonds is 1. The van der Waals surface area contributed by atoms with Crippen molar-refractivity contribution in [3.8, 4) is 5.69 Å². The summed E-state index contributed by atoms with van der Waals surface area (Å²) < 4.78 is 4.48. The van der Waals surface area contributed by atoms with Crippen molar-refractivity contribution in [3.63, 3.8) is 0 Å². The van der Waals surface area contributed by atoms with E-state index in [1.807, 2.05) is 11.8 Å². The Kier molecular flexibility index (Phi) is 2.65. The number of aromatic nitrogens is 2. The van der Waals surface area contributed by atoms with E-state index in [4.69, 9.17) is 0 Å². The topological polar surface area (TPSA) is 8.81 Å². The van der Waals surface area contributed by atoms with Crippen LogP contribution in [0.2, 0.25) is 0 Å². The second-order valence-corrected chi connectivity index (χ2v) is 7.31. The lowest BCUT2D eigenvalue weighted by Gasteiger charge is -2.21. The van der Waals surface area contributed by atoms with Gasteiger partial charge in [0, 0.05) is 9.79 Å². The van der Waals surface area contributed by atoms with E-state index in [1.54, 1.807) is 0 Å². The number of para-hydroxylation sites is 1. The molecule has 0 amide bonds. The van der Waals surface area contributed by atoms with Crippen molar-refractivity contribution in [2.45, 2.75) is 29.7 Å². The smallest absolute Gasteiger partial charge is 0.244 e. The van der Waals surface area contributed by atoms with Gasteiger partial charge in [-0.05, 0) is 24.6 Å². The molecule has 0 unspecified atom stereocenters. The highest BCUT2D eigenvalue weighted by Gasteiger charge is 2.22. The quantitative estimate of drug-likeness (QED) is 0.315. The first-order chi connectivity index (χ1) is 11.2. The predicted octanol–water partition coefficient (Wildman–Crippen LogP) is 4.92. The molecule has 0 bridgehead atoms. The van der Waals surface area contributed by atoms with E-state index < -0.39 is 0 Å². The monoisotopic (exact) mass is 316 g/mol. The molecule has 0 aliphatic carbocycles. The van der Waals surface area contributed by atoms with Crippen LogP contribution in [0.3, 0.4) is 0 Å². The summed E-state index contributed by atoms with van der Waals surface area (Å²) in [6, 6.07) is 20.0. The standard InChI is InChI=1S/C20H16N2S/c1-13(2)21-12-22-17-11-10-14-6-3-4-7-15(14)20(17)23-18-9-5-8-16(21)19(18)22/h3-11,13H,1-2H3. The number of hydrogen-bond acceptors (Lipinski definition) is 1. The fraction of sp³-hybridized carbons (Fsp3) is 0.150. The zero-order chi connectivity index (χ0) is 15.6. The van der Waals surface area contributed by atoms with Gasteiger partial charge in [-0.2, -0.15) is 0 Å². The van der Waals surface area contributed by atoms with Gasteiger partial charge < -0.3 is 9.13 Å². The van der Waals surface area contributed by atoms with E-state index >= 15 is 0 Å². The van der Waals surface area contributed by atoms with Crippen molar-refractivity contribution in [1.29, 1.82) is 0 Å². The molecule has 0 saturated carbocycles. The summed E-state index contributed by atoms with van der Waals surface area (Å²) in [5.41, 5.74) is 3.76. The highest BCUT2D eigenvalue weighted by molar-refractivity contribution is 8.00. The van der Waals surface area contributed by atoms with E-state index in [2.05, 4.69) is 83.9 Å². The van der Waals surface area contributed by atoms with Crippen LogP contribution in [0.15, 0.2) is 64.4 Å². The average molecular weight is 316 g/mol. The fourth-order valence-corrected chi connectivity index (χ4v) is 4.64. The molecule has 112 valence electrons. The molecule has 2 heterocycles. The molecule has 4 aromatic rings. The molecule has 0 fully saturated rings. The van der Waals surface area contributed by atoms with Crippen LogP contribution in [-0.4, -0.2) is 4.57 Å². The maximum atomic E-state index is 3.57. The van der Waals surface area contributed by atoms with Gasteiger partial charge in [0.25, 0.3) is 0 Å². The Labute approximate surface area is 139 Å². The summed E-state index contributed by atoms with van der Waals surface area (Å²) in [5, 5.41) is 2.61. The van der Waals surface area contributed by atoms with Gasteiger partial charge in [0.05, 0.1) is 22.8 Å². The first kappa shape index (κ1) is 13.2. The molecular formula is C20H16N2S. The molecule has 1 aliphatic rings. The van der Waals surface area contributed by atoms with Crippen molar-refractivity contribution in [1.82, 2.24) is 4.57 Å². The van der Waals surface area contributed by atoms with Gasteiger partial charge in [0.15, 0.2) is 0 Å². The average Bonchev–Trinajstić information content (AvgIpc) is 2.97. The maximum absolute atomic E-state index is 3.57. The van der Waals surface area contributed by atoms with Crippen LogP contribution in [0.5, 0.6) is 0 Å². The predicted molar refractivity (Wildman–Crippen MR) is 94.3 cm³/mol. The Morgan fingerprint density at radius 2 is 1.87 bits per heavy atom. The van der Waals surface area contributed by atoms with Gasteiger partial charge in [-0.1, -0.05) is 54.6 Å². The van der Waals surface area contributed by atoms with Gasteiger partial charge in [-0.25, -0.2) is 0 Å². The summed E-state index contributed by atoms with van der Waals surface area (Å²) in [5.74, 6) is 0. The number of hydrogen-bond donors (Lipinski definition) is 0. The van der Waals surface area contributed by atoms with Gasteiger partial charge in [-0.15, -0.1) is 11.8 Å². The number of imidazole rings is 1.